The SMILES string of the molecule is CC(C)(C)c1ccc(O[P+](=O)O)c(C(C)(C)C)c1.[H-].[Na+]. The van der Waals surface area contributed by atoms with Crippen LogP contribution in [0.4, 0.5) is 0 Å². The first-order valence-electron chi connectivity index (χ1n) is 6.01. The Balaban J connectivity index is 0. The third-order valence-electron chi connectivity index (χ3n) is 2.83. The van der Waals surface area contributed by atoms with E-state index in [1.165, 1.54) is 5.56 Å². The van der Waals surface area contributed by atoms with Gasteiger partial charge in [-0.2, -0.15) is 0 Å². The molecule has 0 fully saturated rings. The van der Waals surface area contributed by atoms with Crippen molar-refractivity contribution in [2.24, 2.45) is 0 Å². The molecule has 1 atom stereocenters. The van der Waals surface area contributed by atoms with E-state index < -0.39 is 8.25 Å². The summed E-state index contributed by atoms with van der Waals surface area (Å²) in [6.07, 6.45) is 0. The second kappa shape index (κ2) is 6.69. The van der Waals surface area contributed by atoms with Gasteiger partial charge in [0.1, 0.15) is 0 Å². The quantitative estimate of drug-likeness (QED) is 0.663. The van der Waals surface area contributed by atoms with Crippen molar-refractivity contribution in [2.75, 3.05) is 0 Å². The fourth-order valence-corrected chi connectivity index (χ4v) is 2.07. The van der Waals surface area contributed by atoms with Gasteiger partial charge in [0, 0.05) is 10.1 Å². The van der Waals surface area contributed by atoms with Crippen LogP contribution < -0.4 is 34.1 Å². The molecule has 0 saturated heterocycles. The van der Waals surface area contributed by atoms with Crippen molar-refractivity contribution in [3.8, 4) is 5.75 Å². The zero-order valence-electron chi connectivity index (χ0n) is 13.9. The molecule has 0 aliphatic carbocycles. The van der Waals surface area contributed by atoms with E-state index in [0.717, 1.165) is 5.56 Å². The molecule has 19 heavy (non-hydrogen) atoms. The van der Waals surface area contributed by atoms with Gasteiger partial charge in [-0.15, -0.1) is 4.89 Å². The Bertz CT molecular complexity index is 464. The van der Waals surface area contributed by atoms with Crippen LogP contribution in [0.1, 0.15) is 54.1 Å². The number of hydrogen-bond donors (Lipinski definition) is 1. The molecular weight excluding hydrogens is 270 g/mol. The molecule has 1 unspecified atom stereocenters. The van der Waals surface area contributed by atoms with Crippen LogP contribution in [-0.4, -0.2) is 4.89 Å². The van der Waals surface area contributed by atoms with Crippen molar-refractivity contribution in [2.45, 2.75) is 52.4 Å². The van der Waals surface area contributed by atoms with Gasteiger partial charge in [-0.25, -0.2) is 4.52 Å². The van der Waals surface area contributed by atoms with E-state index in [4.69, 9.17) is 9.42 Å². The van der Waals surface area contributed by atoms with Crippen LogP contribution in [0.15, 0.2) is 18.2 Å². The first-order chi connectivity index (χ1) is 8.01. The predicted molar refractivity (Wildman–Crippen MR) is 75.4 cm³/mol. The van der Waals surface area contributed by atoms with Gasteiger partial charge in [0.2, 0.25) is 0 Å². The van der Waals surface area contributed by atoms with E-state index in [2.05, 4.69) is 47.6 Å². The Hall–Kier alpha value is 0.0800. The number of benzene rings is 1. The van der Waals surface area contributed by atoms with Gasteiger partial charge in [0.25, 0.3) is 0 Å². The summed E-state index contributed by atoms with van der Waals surface area (Å²) in [5.41, 5.74) is 2.04. The number of hydrogen-bond acceptors (Lipinski definition) is 2. The second-order valence-corrected chi connectivity index (χ2v) is 7.20. The van der Waals surface area contributed by atoms with Gasteiger partial charge in [-0.05, 0) is 22.5 Å². The van der Waals surface area contributed by atoms with E-state index in [9.17, 15) is 4.57 Å². The third-order valence-corrected chi connectivity index (χ3v) is 3.18. The van der Waals surface area contributed by atoms with E-state index in [1.54, 1.807) is 6.07 Å². The minimum atomic E-state index is -2.63. The second-order valence-electron chi connectivity index (χ2n) is 6.54. The minimum absolute atomic E-state index is 0. The van der Waals surface area contributed by atoms with Crippen LogP contribution in [0.5, 0.6) is 5.75 Å². The predicted octanol–water partition coefficient (Wildman–Crippen LogP) is 1.43. The average Bonchev–Trinajstić information content (AvgIpc) is 2.13. The van der Waals surface area contributed by atoms with E-state index in [0.29, 0.717) is 5.75 Å². The molecule has 0 bridgehead atoms. The van der Waals surface area contributed by atoms with E-state index in [-0.39, 0.29) is 41.8 Å². The van der Waals surface area contributed by atoms with Gasteiger partial charge in [0.05, 0.1) is 0 Å². The molecule has 3 nitrogen and oxygen atoms in total. The van der Waals surface area contributed by atoms with Gasteiger partial charge >= 0.3 is 37.8 Å². The molecule has 0 aliphatic rings. The van der Waals surface area contributed by atoms with Crippen molar-refractivity contribution >= 4 is 8.25 Å². The van der Waals surface area contributed by atoms with Crippen LogP contribution in [0, 0.1) is 0 Å². The molecule has 1 aromatic rings. The Kier molecular flexibility index (Phi) is 6.72. The molecule has 1 aromatic carbocycles. The smallest absolute Gasteiger partial charge is 1.00 e. The van der Waals surface area contributed by atoms with Gasteiger partial charge in [-0.3, -0.25) is 0 Å². The molecule has 0 saturated carbocycles. The first kappa shape index (κ1) is 19.1. The molecular formula is C14H23NaO3P+. The topological polar surface area (TPSA) is 46.5 Å². The number of rotatable bonds is 2. The molecule has 0 radical (unpaired) electrons. The molecule has 102 valence electrons. The van der Waals surface area contributed by atoms with Crippen LogP contribution in [0.25, 0.3) is 0 Å². The van der Waals surface area contributed by atoms with Crippen LogP contribution >= 0.6 is 8.25 Å². The summed E-state index contributed by atoms with van der Waals surface area (Å²) in [5, 5.41) is 0. The van der Waals surface area contributed by atoms with Crippen LogP contribution in [-0.2, 0) is 15.4 Å². The fourth-order valence-electron chi connectivity index (χ4n) is 1.75. The van der Waals surface area contributed by atoms with Crippen molar-refractivity contribution < 1.29 is 45.0 Å². The monoisotopic (exact) mass is 293 g/mol. The summed E-state index contributed by atoms with van der Waals surface area (Å²) < 4.78 is 15.9. The molecule has 5 heteroatoms. The van der Waals surface area contributed by atoms with Crippen molar-refractivity contribution in [3.63, 3.8) is 0 Å². The van der Waals surface area contributed by atoms with Crippen molar-refractivity contribution in [1.29, 1.82) is 0 Å². The molecule has 0 aromatic heterocycles. The first-order valence-corrected chi connectivity index (χ1v) is 7.14. The Morgan fingerprint density at radius 2 is 1.63 bits per heavy atom. The van der Waals surface area contributed by atoms with Gasteiger partial charge in [0.15, 0.2) is 5.75 Å². The standard InChI is InChI=1S/C14H21O3P.Na.H/c1-13(2,3)10-7-8-12(17-18(15)16)11(9-10)14(4,5)6;;/h7-9H,1-6H3;;/q;+1;-1/p+1. The zero-order chi connectivity index (χ0) is 14.1. The van der Waals surface area contributed by atoms with Gasteiger partial charge in [-0.1, -0.05) is 53.7 Å². The van der Waals surface area contributed by atoms with Crippen LogP contribution in [0.3, 0.4) is 0 Å². The largest absolute Gasteiger partial charge is 1.00 e. The molecule has 1 rings (SSSR count). The molecule has 0 spiro atoms. The maximum Gasteiger partial charge on any atom is 1.00 e. The Morgan fingerprint density at radius 1 is 1.11 bits per heavy atom. The van der Waals surface area contributed by atoms with Crippen molar-refractivity contribution in [3.05, 3.63) is 29.3 Å². The third kappa shape index (κ3) is 5.53. The normalized spacial score (nSPS) is 12.7. The fraction of sp³-hybridized carbons (Fsp3) is 0.571. The van der Waals surface area contributed by atoms with Gasteiger partial charge < -0.3 is 1.43 Å². The molecule has 0 aliphatic heterocycles. The summed E-state index contributed by atoms with van der Waals surface area (Å²) in [6.45, 7) is 12.6. The average molecular weight is 293 g/mol. The van der Waals surface area contributed by atoms with Crippen LogP contribution in [0.2, 0.25) is 0 Å². The minimum Gasteiger partial charge on any atom is -1.00 e. The summed E-state index contributed by atoms with van der Waals surface area (Å²) >= 11 is 0. The molecule has 0 heterocycles. The summed E-state index contributed by atoms with van der Waals surface area (Å²) in [7, 11) is -2.63. The van der Waals surface area contributed by atoms with E-state index >= 15 is 0 Å². The summed E-state index contributed by atoms with van der Waals surface area (Å²) in [6, 6.07) is 5.79. The molecule has 0 amide bonds. The Labute approximate surface area is 140 Å². The zero-order valence-corrected chi connectivity index (χ0v) is 15.8. The Morgan fingerprint density at radius 3 is 2.00 bits per heavy atom. The van der Waals surface area contributed by atoms with E-state index in [1.807, 2.05) is 6.07 Å². The summed E-state index contributed by atoms with van der Waals surface area (Å²) in [4.78, 5) is 8.91. The molecule has 1 N–H and O–H groups in total. The summed E-state index contributed by atoms with van der Waals surface area (Å²) in [5.74, 6) is 0.485. The van der Waals surface area contributed by atoms with Crippen molar-refractivity contribution in [1.82, 2.24) is 0 Å². The maximum atomic E-state index is 10.9. The maximum absolute atomic E-state index is 10.9.